The maximum atomic E-state index is 13.0. The third-order valence-electron chi connectivity index (χ3n) is 4.87. The van der Waals surface area contributed by atoms with E-state index >= 15 is 0 Å². The fourth-order valence-electron chi connectivity index (χ4n) is 3.47. The van der Waals surface area contributed by atoms with Crippen LogP contribution >= 0.6 is 0 Å². The molecule has 1 aliphatic heterocycles. The average molecular weight is 358 g/mol. The predicted molar refractivity (Wildman–Crippen MR) is 106 cm³/mol. The summed E-state index contributed by atoms with van der Waals surface area (Å²) in [6.45, 7) is 2.07. The zero-order valence-corrected chi connectivity index (χ0v) is 15.1. The van der Waals surface area contributed by atoms with Crippen LogP contribution in [-0.2, 0) is 0 Å². The molecule has 0 bridgehead atoms. The highest BCUT2D eigenvalue weighted by atomic mass is 16.1. The molecule has 3 heterocycles. The van der Waals surface area contributed by atoms with Crippen molar-refractivity contribution in [2.45, 2.75) is 18.9 Å². The number of pyridine rings is 2. The third-order valence-corrected chi connectivity index (χ3v) is 4.87. The van der Waals surface area contributed by atoms with E-state index in [1.165, 1.54) is 12.8 Å². The summed E-state index contributed by atoms with van der Waals surface area (Å²) >= 11 is 0. The van der Waals surface area contributed by atoms with Gasteiger partial charge in [0.05, 0.1) is 6.04 Å². The molecule has 0 saturated carbocycles. The fourth-order valence-corrected chi connectivity index (χ4v) is 3.47. The van der Waals surface area contributed by atoms with Crippen LogP contribution in [0.1, 0.15) is 40.5 Å². The van der Waals surface area contributed by atoms with Crippen LogP contribution in [0.15, 0.2) is 73.2 Å². The molecule has 1 fully saturated rings. The van der Waals surface area contributed by atoms with E-state index in [9.17, 15) is 4.79 Å². The largest absolute Gasteiger partial charge is 0.371 e. The Labute approximate surface area is 159 Å². The monoisotopic (exact) mass is 358 g/mol. The number of hydrogen-bond donors (Lipinski definition) is 1. The zero-order chi connectivity index (χ0) is 18.5. The van der Waals surface area contributed by atoms with Crippen LogP contribution in [0.5, 0.6) is 0 Å². The van der Waals surface area contributed by atoms with Gasteiger partial charge < -0.3 is 10.2 Å². The SMILES string of the molecule is O=C(NC(c1ccccc1)c1cccnc1)c1cc(N2CCCC2)ccn1. The van der Waals surface area contributed by atoms with Crippen molar-refractivity contribution in [3.63, 3.8) is 0 Å². The lowest BCUT2D eigenvalue weighted by Crippen LogP contribution is -2.30. The number of anilines is 1. The summed E-state index contributed by atoms with van der Waals surface area (Å²) in [6, 6.07) is 17.3. The number of carbonyl (C=O) groups is 1. The van der Waals surface area contributed by atoms with Crippen LogP contribution in [0.3, 0.4) is 0 Å². The second kappa shape index (κ2) is 7.99. The molecule has 1 aromatic carbocycles. The maximum Gasteiger partial charge on any atom is 0.270 e. The van der Waals surface area contributed by atoms with Crippen molar-refractivity contribution >= 4 is 11.6 Å². The molecule has 1 unspecified atom stereocenters. The molecular formula is C22H22N4O. The Bertz CT molecular complexity index is 853. The Morgan fingerprint density at radius 2 is 1.74 bits per heavy atom. The molecule has 4 rings (SSSR count). The van der Waals surface area contributed by atoms with Crippen LogP contribution in [0.25, 0.3) is 0 Å². The number of carbonyl (C=O) groups excluding carboxylic acids is 1. The first kappa shape index (κ1) is 17.2. The Morgan fingerprint density at radius 1 is 0.963 bits per heavy atom. The lowest BCUT2D eigenvalue weighted by Gasteiger charge is -2.20. The van der Waals surface area contributed by atoms with E-state index in [1.54, 1.807) is 18.6 Å². The van der Waals surface area contributed by atoms with Crippen molar-refractivity contribution < 1.29 is 4.79 Å². The molecule has 0 radical (unpaired) electrons. The number of nitrogens with zero attached hydrogens (tertiary/aromatic N) is 3. The molecule has 1 aliphatic rings. The second-order valence-corrected chi connectivity index (χ2v) is 6.70. The van der Waals surface area contributed by atoms with E-state index in [-0.39, 0.29) is 11.9 Å². The zero-order valence-electron chi connectivity index (χ0n) is 15.1. The number of rotatable bonds is 5. The van der Waals surface area contributed by atoms with Gasteiger partial charge in [-0.15, -0.1) is 0 Å². The van der Waals surface area contributed by atoms with E-state index in [0.29, 0.717) is 5.69 Å². The van der Waals surface area contributed by atoms with Gasteiger partial charge in [-0.2, -0.15) is 0 Å². The van der Waals surface area contributed by atoms with Crippen molar-refractivity contribution in [3.8, 4) is 0 Å². The quantitative estimate of drug-likeness (QED) is 0.757. The smallest absolute Gasteiger partial charge is 0.270 e. The molecule has 0 aliphatic carbocycles. The van der Waals surface area contributed by atoms with Gasteiger partial charge in [0.15, 0.2) is 0 Å². The summed E-state index contributed by atoms with van der Waals surface area (Å²) in [5.41, 5.74) is 3.44. The van der Waals surface area contributed by atoms with Gasteiger partial charge in [-0.25, -0.2) is 0 Å². The summed E-state index contributed by atoms with van der Waals surface area (Å²) in [5, 5.41) is 3.12. The Kier molecular flexibility index (Phi) is 5.10. The minimum atomic E-state index is -0.273. The molecule has 27 heavy (non-hydrogen) atoms. The van der Waals surface area contributed by atoms with E-state index in [1.807, 2.05) is 54.6 Å². The van der Waals surface area contributed by atoms with Crippen LogP contribution in [0.2, 0.25) is 0 Å². The Hall–Kier alpha value is -3.21. The number of nitrogens with one attached hydrogen (secondary N) is 1. The van der Waals surface area contributed by atoms with Gasteiger partial charge in [-0.3, -0.25) is 14.8 Å². The lowest BCUT2D eigenvalue weighted by molar-refractivity contribution is 0.0938. The van der Waals surface area contributed by atoms with Crippen LogP contribution in [-0.4, -0.2) is 29.0 Å². The summed E-state index contributed by atoms with van der Waals surface area (Å²) in [5.74, 6) is -0.186. The first-order valence-corrected chi connectivity index (χ1v) is 9.28. The predicted octanol–water partition coefficient (Wildman–Crippen LogP) is 3.60. The van der Waals surface area contributed by atoms with Crippen molar-refractivity contribution in [2.24, 2.45) is 0 Å². The lowest BCUT2D eigenvalue weighted by atomic mass is 10.00. The van der Waals surface area contributed by atoms with Gasteiger partial charge in [-0.1, -0.05) is 36.4 Å². The van der Waals surface area contributed by atoms with Gasteiger partial charge in [0, 0.05) is 37.4 Å². The average Bonchev–Trinajstić information content (AvgIpc) is 3.28. The topological polar surface area (TPSA) is 58.1 Å². The summed E-state index contributed by atoms with van der Waals surface area (Å²) in [7, 11) is 0. The highest BCUT2D eigenvalue weighted by Crippen LogP contribution is 2.23. The van der Waals surface area contributed by atoms with Gasteiger partial charge in [0.2, 0.25) is 0 Å². The maximum absolute atomic E-state index is 13.0. The van der Waals surface area contributed by atoms with Crippen molar-refractivity contribution in [2.75, 3.05) is 18.0 Å². The highest BCUT2D eigenvalue weighted by Gasteiger charge is 2.20. The first-order valence-electron chi connectivity index (χ1n) is 9.28. The van der Waals surface area contributed by atoms with Crippen molar-refractivity contribution in [1.29, 1.82) is 0 Å². The van der Waals surface area contributed by atoms with Crippen LogP contribution < -0.4 is 10.2 Å². The van der Waals surface area contributed by atoms with E-state index < -0.39 is 0 Å². The summed E-state index contributed by atoms with van der Waals surface area (Å²) in [6.07, 6.45) is 7.62. The molecule has 1 saturated heterocycles. The van der Waals surface area contributed by atoms with E-state index in [2.05, 4.69) is 20.2 Å². The van der Waals surface area contributed by atoms with Crippen molar-refractivity contribution in [1.82, 2.24) is 15.3 Å². The highest BCUT2D eigenvalue weighted by molar-refractivity contribution is 5.93. The van der Waals surface area contributed by atoms with Gasteiger partial charge in [0.25, 0.3) is 5.91 Å². The summed E-state index contributed by atoms with van der Waals surface area (Å²) in [4.78, 5) is 23.8. The molecule has 2 aromatic heterocycles. The minimum Gasteiger partial charge on any atom is -0.371 e. The molecule has 1 amide bonds. The molecule has 136 valence electrons. The fraction of sp³-hybridized carbons (Fsp3) is 0.227. The number of amides is 1. The third kappa shape index (κ3) is 3.97. The molecule has 5 heteroatoms. The van der Waals surface area contributed by atoms with Gasteiger partial charge >= 0.3 is 0 Å². The first-order chi connectivity index (χ1) is 13.3. The molecule has 5 nitrogen and oxygen atoms in total. The molecule has 1 N–H and O–H groups in total. The standard InChI is InChI=1S/C22H22N4O/c27-22(20-15-19(10-12-24-20)26-13-4-5-14-26)25-21(17-7-2-1-3-8-17)18-9-6-11-23-16-18/h1-3,6-12,15-16,21H,4-5,13-14H2,(H,25,27). The normalized spacial score (nSPS) is 14.7. The molecule has 1 atom stereocenters. The van der Waals surface area contributed by atoms with E-state index in [4.69, 9.17) is 0 Å². The number of hydrogen-bond acceptors (Lipinski definition) is 4. The van der Waals surface area contributed by atoms with Gasteiger partial charge in [0.1, 0.15) is 5.69 Å². The Morgan fingerprint density at radius 3 is 2.48 bits per heavy atom. The Balaban J connectivity index is 1.60. The van der Waals surface area contributed by atoms with Crippen LogP contribution in [0, 0.1) is 0 Å². The molecule has 3 aromatic rings. The van der Waals surface area contributed by atoms with Crippen LogP contribution in [0.4, 0.5) is 5.69 Å². The number of benzene rings is 1. The van der Waals surface area contributed by atoms with Gasteiger partial charge in [-0.05, 0) is 42.2 Å². The number of aromatic nitrogens is 2. The van der Waals surface area contributed by atoms with E-state index in [0.717, 1.165) is 29.9 Å². The second-order valence-electron chi connectivity index (χ2n) is 6.70. The minimum absolute atomic E-state index is 0.186. The van der Waals surface area contributed by atoms with Crippen molar-refractivity contribution in [3.05, 3.63) is 90.0 Å². The summed E-state index contributed by atoms with van der Waals surface area (Å²) < 4.78 is 0. The molecular weight excluding hydrogens is 336 g/mol. The molecule has 0 spiro atoms.